The number of nitrogens with zero attached hydrogens (tertiary/aromatic N) is 4. The Morgan fingerprint density at radius 1 is 0.868 bits per heavy atom. The van der Waals surface area contributed by atoms with Gasteiger partial charge in [-0.25, -0.2) is 19.0 Å². The van der Waals surface area contributed by atoms with Crippen molar-refractivity contribution in [3.05, 3.63) is 151 Å². The van der Waals surface area contributed by atoms with Crippen molar-refractivity contribution in [1.29, 1.82) is 5.26 Å². The second kappa shape index (κ2) is 22.1. The number of H-pyrrole nitrogens is 1. The number of nitriles is 1. The summed E-state index contributed by atoms with van der Waals surface area (Å²) in [5, 5.41) is 33.8. The van der Waals surface area contributed by atoms with Crippen LogP contribution in [0.5, 0.6) is 11.5 Å². The maximum absolute atomic E-state index is 13.8. The zero-order valence-corrected chi connectivity index (χ0v) is 38.6. The van der Waals surface area contributed by atoms with E-state index in [1.807, 2.05) is 60.7 Å². The van der Waals surface area contributed by atoms with E-state index in [2.05, 4.69) is 15.3 Å². The lowest BCUT2D eigenvalue weighted by Gasteiger charge is -2.38. The molecule has 68 heavy (non-hydrogen) atoms. The molecule has 2 fully saturated rings. The Morgan fingerprint density at radius 3 is 2.07 bits per heavy atom. The zero-order chi connectivity index (χ0) is 48.6. The van der Waals surface area contributed by atoms with Crippen LogP contribution in [0.4, 0.5) is 5.82 Å². The summed E-state index contributed by atoms with van der Waals surface area (Å²) in [6, 6.07) is 28.2. The average Bonchev–Trinajstić information content (AvgIpc) is 3.79. The number of hydrogen-bond acceptors (Lipinski definition) is 18. The number of aromatic amines is 1. The molecule has 1 amide bonds. The van der Waals surface area contributed by atoms with Crippen LogP contribution in [0.3, 0.4) is 0 Å². The van der Waals surface area contributed by atoms with Gasteiger partial charge < -0.3 is 60.9 Å². The Morgan fingerprint density at radius 2 is 1.49 bits per heavy atom. The molecule has 9 atom stereocenters. The number of amides is 1. The predicted octanol–water partition coefficient (Wildman–Crippen LogP) is 2.25. The quantitative estimate of drug-likeness (QED) is 0.0246. The van der Waals surface area contributed by atoms with Gasteiger partial charge in [-0.3, -0.25) is 23.7 Å². The number of aromatic nitrogens is 4. The fraction of sp³-hybridized carbons (Fsp3) is 0.378. The Balaban J connectivity index is 1.30. The van der Waals surface area contributed by atoms with Crippen LogP contribution in [-0.4, -0.2) is 117 Å². The molecule has 0 saturated carbocycles. The number of aliphatic hydroxyl groups excluding tert-OH is 2. The van der Waals surface area contributed by atoms with Gasteiger partial charge in [-0.2, -0.15) is 10.2 Å². The first-order valence-corrected chi connectivity index (χ1v) is 23.9. The van der Waals surface area contributed by atoms with Gasteiger partial charge in [0.2, 0.25) is 5.91 Å². The molecule has 2 saturated heterocycles. The first-order chi connectivity index (χ1) is 32.7. The Bertz CT molecular complexity index is 2670. The summed E-state index contributed by atoms with van der Waals surface area (Å²) >= 11 is 5.75. The molecular weight excluding hydrogens is 928 g/mol. The van der Waals surface area contributed by atoms with Crippen molar-refractivity contribution in [3.8, 4) is 17.6 Å². The van der Waals surface area contributed by atoms with Crippen LogP contribution in [0.15, 0.2) is 118 Å². The second-order valence-corrected chi connectivity index (χ2v) is 19.1. The fourth-order valence-corrected chi connectivity index (χ4v) is 10.2. The van der Waals surface area contributed by atoms with Crippen molar-refractivity contribution in [2.45, 2.75) is 68.0 Å². The van der Waals surface area contributed by atoms with Crippen molar-refractivity contribution in [3.63, 3.8) is 0 Å². The van der Waals surface area contributed by atoms with E-state index in [1.54, 1.807) is 38.5 Å². The summed E-state index contributed by atoms with van der Waals surface area (Å²) in [5.41, 5.74) is -1.91. The van der Waals surface area contributed by atoms with E-state index >= 15 is 0 Å². The SMILES string of the molecule is COc1ccc(C(OC[C@H]2O[C@@H](n3ccc(NC(C)=O)nc3=O)[C@H](OCOCCC#N)[C@@H]2O[P+](O)([S-])C[C@H]2O[C@@H](n3ccc(=O)[nH]c3=O)[C@H](O)[C@@H]2O)(c2ccccc2)c2ccc(OC)cc2)cc1. The van der Waals surface area contributed by atoms with Gasteiger partial charge in [0.05, 0.1) is 39.9 Å². The molecule has 360 valence electrons. The number of methoxy groups -OCH3 is 2. The highest BCUT2D eigenvalue weighted by Gasteiger charge is 2.55. The molecule has 0 bridgehead atoms. The number of hydrogen-bond donors (Lipinski definition) is 5. The molecule has 0 aliphatic carbocycles. The van der Waals surface area contributed by atoms with Crippen LogP contribution >= 0.6 is 6.92 Å². The second-order valence-electron chi connectivity index (χ2n) is 15.6. The third-order valence-electron chi connectivity index (χ3n) is 11.2. The number of benzene rings is 3. The molecule has 2 aromatic heterocycles. The maximum atomic E-state index is 13.8. The van der Waals surface area contributed by atoms with Gasteiger partial charge >= 0.3 is 11.4 Å². The highest BCUT2D eigenvalue weighted by molar-refractivity contribution is 8.37. The van der Waals surface area contributed by atoms with E-state index in [0.29, 0.717) is 28.2 Å². The van der Waals surface area contributed by atoms with E-state index in [9.17, 15) is 34.3 Å². The summed E-state index contributed by atoms with van der Waals surface area (Å²) in [5.74, 6) is 0.643. The number of aliphatic hydroxyl groups is 2. The van der Waals surface area contributed by atoms with Gasteiger partial charge in [0.15, 0.2) is 25.5 Å². The van der Waals surface area contributed by atoms with Gasteiger partial charge in [-0.1, -0.05) is 54.6 Å². The van der Waals surface area contributed by atoms with Crippen molar-refractivity contribution in [2.75, 3.05) is 45.7 Å². The predicted molar refractivity (Wildman–Crippen MR) is 244 cm³/mol. The molecule has 4 heterocycles. The molecule has 21 nitrogen and oxygen atoms in total. The van der Waals surface area contributed by atoms with E-state index in [4.69, 9.17) is 55.2 Å². The molecule has 0 spiro atoms. The van der Waals surface area contributed by atoms with Crippen LogP contribution in [0.2, 0.25) is 0 Å². The van der Waals surface area contributed by atoms with E-state index in [1.165, 1.54) is 19.2 Å². The van der Waals surface area contributed by atoms with Crippen molar-refractivity contribution < 1.29 is 57.6 Å². The standard InChI is InChI=1S/C45H49N6O15PS/c1-27(52)47-35-18-21-51(43(56)48-35)42-40(62-26-61-23-7-20-46)39(66-67(58,68)25-34-37(54)38(55)41(65-34)50-22-19-36(53)49-44(50)57)33(64-42)24-63-45(28-8-5-4-6-9-28,29-10-14-31(59-2)15-11-29)30-12-16-32(60-3)17-13-30/h4-6,8-19,21-22,33-34,37-42,54-55H,7,23-26H2,1-3H3,(H,58,68)(H,49,53,57)(H,47,48,52,56)/t33-,34-,37-,38-,39-,40-,41-,42-,67?/m1/s1. The number of ether oxygens (including phenoxy) is 7. The van der Waals surface area contributed by atoms with Crippen LogP contribution < -0.4 is 31.7 Å². The number of nitrogens with one attached hydrogen (secondary N) is 2. The molecule has 23 heteroatoms. The molecule has 2 aliphatic rings. The fourth-order valence-electron chi connectivity index (χ4n) is 8.01. The smallest absolute Gasteiger partial charge is 0.351 e. The molecule has 1 unspecified atom stereocenters. The van der Waals surface area contributed by atoms with E-state index < -0.39 is 97.4 Å². The highest BCUT2D eigenvalue weighted by atomic mass is 32.7. The minimum absolute atomic E-state index is 0.0236. The summed E-state index contributed by atoms with van der Waals surface area (Å²) in [6.07, 6.45) is -9.88. The summed E-state index contributed by atoms with van der Waals surface area (Å²) in [4.78, 5) is 68.2. The third-order valence-corrected chi connectivity index (χ3v) is 13.3. The van der Waals surface area contributed by atoms with Gasteiger partial charge in [-0.05, 0) is 47.0 Å². The lowest BCUT2D eigenvalue weighted by Crippen LogP contribution is -2.43. The van der Waals surface area contributed by atoms with Crippen molar-refractivity contribution in [2.24, 2.45) is 0 Å². The average molecular weight is 977 g/mol. The minimum Gasteiger partial charge on any atom is -0.497 e. The molecule has 0 radical (unpaired) electrons. The van der Waals surface area contributed by atoms with Gasteiger partial charge in [0.25, 0.3) is 5.56 Å². The Hall–Kier alpha value is -5.80. The van der Waals surface area contributed by atoms with Crippen molar-refractivity contribution in [1.82, 2.24) is 19.1 Å². The third kappa shape index (κ3) is 11.2. The first kappa shape index (κ1) is 50.1. The number of anilines is 1. The Kier molecular flexibility index (Phi) is 16.3. The minimum atomic E-state index is -4.21. The highest BCUT2D eigenvalue weighted by Crippen LogP contribution is 2.59. The lowest BCUT2D eigenvalue weighted by molar-refractivity contribution is -0.137. The molecule has 2 aliphatic heterocycles. The first-order valence-electron chi connectivity index (χ1n) is 21.1. The summed E-state index contributed by atoms with van der Waals surface area (Å²) in [6.45, 7) is -3.81. The summed E-state index contributed by atoms with van der Waals surface area (Å²) < 4.78 is 51.0. The van der Waals surface area contributed by atoms with E-state index in [0.717, 1.165) is 21.4 Å². The Labute approximate surface area is 394 Å². The molecule has 7 rings (SSSR count). The molecular formula is C45H49N6O15PS. The van der Waals surface area contributed by atoms with Crippen molar-refractivity contribution >= 4 is 30.9 Å². The molecule has 5 N–H and O–H groups in total. The number of rotatable bonds is 20. The number of carbonyl (C=O) groups is 1. The maximum Gasteiger partial charge on any atom is 0.351 e. The summed E-state index contributed by atoms with van der Waals surface area (Å²) in [7, 11) is 3.09. The molecule has 5 aromatic rings. The lowest BCUT2D eigenvalue weighted by atomic mass is 9.80. The normalized spacial score (nSPS) is 23.4. The monoisotopic (exact) mass is 976 g/mol. The van der Waals surface area contributed by atoms with Crippen LogP contribution in [0.25, 0.3) is 0 Å². The van der Waals surface area contributed by atoms with E-state index in [-0.39, 0.29) is 25.5 Å². The van der Waals surface area contributed by atoms with Gasteiger partial charge in [-0.15, -0.1) is 0 Å². The van der Waals surface area contributed by atoms with Gasteiger partial charge in [0, 0.05) is 25.4 Å². The van der Waals surface area contributed by atoms with Crippen LogP contribution in [0.1, 0.15) is 42.5 Å². The largest absolute Gasteiger partial charge is 0.497 e. The topological polar surface area (TPSA) is 277 Å². The van der Waals surface area contributed by atoms with Crippen LogP contribution in [-0.2, 0) is 50.9 Å². The van der Waals surface area contributed by atoms with Crippen LogP contribution in [0, 0.1) is 11.3 Å². The zero-order valence-electron chi connectivity index (χ0n) is 36.9. The molecule has 3 aromatic carbocycles. The number of carbonyl (C=O) groups excluding carboxylic acids is 1. The van der Waals surface area contributed by atoms with Gasteiger partial charge in [0.1, 0.15) is 66.4 Å².